The zero-order valence-corrected chi connectivity index (χ0v) is 10.1. The van der Waals surface area contributed by atoms with Crippen LogP contribution in [0.15, 0.2) is 29.8 Å². The van der Waals surface area contributed by atoms with Crippen LogP contribution in [-0.4, -0.2) is 27.2 Å². The highest BCUT2D eigenvalue weighted by molar-refractivity contribution is 5.97. The lowest BCUT2D eigenvalue weighted by Crippen LogP contribution is -2.08. The molecule has 0 radical (unpaired) electrons. The third-order valence-corrected chi connectivity index (χ3v) is 2.22. The molecule has 1 aromatic rings. The first-order chi connectivity index (χ1) is 8.08. The van der Waals surface area contributed by atoms with E-state index in [0.29, 0.717) is 0 Å². The summed E-state index contributed by atoms with van der Waals surface area (Å²) in [5.74, 6) is -0.622. The molecular formula is C13H14N2O2. The first-order valence-corrected chi connectivity index (χ1v) is 5.06. The van der Waals surface area contributed by atoms with Crippen molar-refractivity contribution in [2.45, 2.75) is 0 Å². The molecule has 4 heteroatoms. The quantitative estimate of drug-likeness (QED) is 0.451. The summed E-state index contributed by atoms with van der Waals surface area (Å²) in [6.45, 7) is 0. The molecule has 0 unspecified atom stereocenters. The molecule has 0 atom stereocenters. The summed E-state index contributed by atoms with van der Waals surface area (Å²) in [5.41, 5.74) is 1.78. The van der Waals surface area contributed by atoms with Gasteiger partial charge < -0.3 is 9.64 Å². The van der Waals surface area contributed by atoms with Gasteiger partial charge in [-0.05, 0) is 23.8 Å². The van der Waals surface area contributed by atoms with Crippen LogP contribution in [0.2, 0.25) is 0 Å². The van der Waals surface area contributed by atoms with Crippen LogP contribution in [0.5, 0.6) is 0 Å². The Bertz CT molecular complexity index is 484. The second kappa shape index (κ2) is 5.71. The zero-order chi connectivity index (χ0) is 12.8. The minimum Gasteiger partial charge on any atom is -0.465 e. The molecule has 0 bridgehead atoms. The van der Waals surface area contributed by atoms with Crippen LogP contribution in [-0.2, 0) is 9.53 Å². The van der Waals surface area contributed by atoms with Gasteiger partial charge in [0.2, 0.25) is 0 Å². The van der Waals surface area contributed by atoms with Gasteiger partial charge in [-0.3, -0.25) is 0 Å². The Kier molecular flexibility index (Phi) is 4.29. The molecule has 0 aromatic heterocycles. The number of benzene rings is 1. The van der Waals surface area contributed by atoms with Gasteiger partial charge in [0.05, 0.1) is 7.11 Å². The average molecular weight is 230 g/mol. The molecule has 0 N–H and O–H groups in total. The van der Waals surface area contributed by atoms with Crippen LogP contribution in [0.3, 0.4) is 0 Å². The Morgan fingerprint density at radius 3 is 2.71 bits per heavy atom. The molecule has 0 aliphatic rings. The number of ether oxygens (including phenoxy) is 1. The predicted molar refractivity (Wildman–Crippen MR) is 66.4 cm³/mol. The molecule has 0 aliphatic carbocycles. The van der Waals surface area contributed by atoms with Gasteiger partial charge in [-0.15, -0.1) is 0 Å². The topological polar surface area (TPSA) is 53.3 Å². The van der Waals surface area contributed by atoms with Crippen molar-refractivity contribution in [2.75, 3.05) is 26.1 Å². The van der Waals surface area contributed by atoms with Crippen LogP contribution >= 0.6 is 0 Å². The van der Waals surface area contributed by atoms with E-state index in [1.54, 1.807) is 0 Å². The third kappa shape index (κ3) is 3.35. The Hall–Kier alpha value is -2.28. The lowest BCUT2D eigenvalue weighted by atomic mass is 10.1. The van der Waals surface area contributed by atoms with E-state index < -0.39 is 5.97 Å². The Labute approximate surface area is 101 Å². The second-order valence-corrected chi connectivity index (χ2v) is 3.65. The van der Waals surface area contributed by atoms with E-state index in [9.17, 15) is 4.79 Å². The van der Waals surface area contributed by atoms with E-state index in [4.69, 9.17) is 5.26 Å². The number of methoxy groups -OCH3 is 1. The number of hydrogen-bond acceptors (Lipinski definition) is 4. The summed E-state index contributed by atoms with van der Waals surface area (Å²) in [6, 6.07) is 9.35. The van der Waals surface area contributed by atoms with E-state index in [2.05, 4.69) is 4.74 Å². The maximum absolute atomic E-state index is 11.2. The van der Waals surface area contributed by atoms with Crippen molar-refractivity contribution in [1.29, 1.82) is 5.26 Å². The summed E-state index contributed by atoms with van der Waals surface area (Å²) in [7, 11) is 5.10. The summed E-state index contributed by atoms with van der Waals surface area (Å²) >= 11 is 0. The van der Waals surface area contributed by atoms with E-state index >= 15 is 0 Å². The molecule has 1 rings (SSSR count). The fourth-order valence-corrected chi connectivity index (χ4v) is 1.31. The number of rotatable bonds is 3. The predicted octanol–water partition coefficient (Wildman–Crippen LogP) is 1.83. The highest BCUT2D eigenvalue weighted by atomic mass is 16.5. The fraction of sp³-hybridized carbons (Fsp3) is 0.231. The maximum Gasteiger partial charge on any atom is 0.348 e. The lowest BCUT2D eigenvalue weighted by Gasteiger charge is -2.12. The molecule has 0 aliphatic heterocycles. The summed E-state index contributed by atoms with van der Waals surface area (Å²) in [6.07, 6.45) is 1.51. The normalized spacial score (nSPS) is 10.6. The van der Waals surface area contributed by atoms with Crippen molar-refractivity contribution in [3.63, 3.8) is 0 Å². The Balaban J connectivity index is 3.09. The van der Waals surface area contributed by atoms with Crippen molar-refractivity contribution in [3.8, 4) is 6.07 Å². The Morgan fingerprint density at radius 2 is 2.18 bits per heavy atom. The largest absolute Gasteiger partial charge is 0.465 e. The van der Waals surface area contributed by atoms with Gasteiger partial charge in [0.1, 0.15) is 11.6 Å². The second-order valence-electron chi connectivity index (χ2n) is 3.65. The lowest BCUT2D eigenvalue weighted by molar-refractivity contribution is -0.135. The molecule has 0 saturated carbocycles. The van der Waals surface area contributed by atoms with Gasteiger partial charge in [-0.2, -0.15) is 5.26 Å². The average Bonchev–Trinajstić information content (AvgIpc) is 2.35. The fourth-order valence-electron chi connectivity index (χ4n) is 1.31. The van der Waals surface area contributed by atoms with Crippen molar-refractivity contribution in [3.05, 3.63) is 35.4 Å². The van der Waals surface area contributed by atoms with E-state index in [1.165, 1.54) is 13.2 Å². The minimum atomic E-state index is -0.622. The molecule has 4 nitrogen and oxygen atoms in total. The summed E-state index contributed by atoms with van der Waals surface area (Å²) < 4.78 is 4.51. The molecule has 0 saturated heterocycles. The summed E-state index contributed by atoms with van der Waals surface area (Å²) in [4.78, 5) is 13.2. The number of hydrogen-bond donors (Lipinski definition) is 0. The van der Waals surface area contributed by atoms with Gasteiger partial charge in [-0.25, -0.2) is 4.79 Å². The zero-order valence-electron chi connectivity index (χ0n) is 10.1. The van der Waals surface area contributed by atoms with Crippen molar-refractivity contribution >= 4 is 17.7 Å². The minimum absolute atomic E-state index is 0.0107. The molecule has 0 spiro atoms. The standard InChI is InChI=1S/C13H14N2O2/c1-15(2)12-6-4-5-10(8-12)7-11(9-14)13(16)17-3/h4-8H,1-3H3/b11-7+. The van der Waals surface area contributed by atoms with Crippen molar-refractivity contribution in [1.82, 2.24) is 0 Å². The highest BCUT2D eigenvalue weighted by Crippen LogP contribution is 2.16. The van der Waals surface area contributed by atoms with Crippen LogP contribution in [0.1, 0.15) is 5.56 Å². The number of nitrogens with zero attached hydrogens (tertiary/aromatic N) is 2. The van der Waals surface area contributed by atoms with Gasteiger partial charge in [-0.1, -0.05) is 12.1 Å². The monoisotopic (exact) mass is 230 g/mol. The van der Waals surface area contributed by atoms with Crippen LogP contribution in [0, 0.1) is 11.3 Å². The number of esters is 1. The Morgan fingerprint density at radius 1 is 1.47 bits per heavy atom. The van der Waals surface area contributed by atoms with E-state index in [-0.39, 0.29) is 5.57 Å². The van der Waals surface area contributed by atoms with E-state index in [1.807, 2.05) is 49.3 Å². The first kappa shape index (κ1) is 12.8. The van der Waals surface area contributed by atoms with Crippen molar-refractivity contribution < 1.29 is 9.53 Å². The van der Waals surface area contributed by atoms with Crippen LogP contribution in [0.4, 0.5) is 5.69 Å². The number of nitriles is 1. The number of carbonyl (C=O) groups is 1. The molecule has 17 heavy (non-hydrogen) atoms. The number of carbonyl (C=O) groups excluding carboxylic acids is 1. The summed E-state index contributed by atoms with van der Waals surface area (Å²) in [5, 5.41) is 8.84. The molecule has 0 fully saturated rings. The smallest absolute Gasteiger partial charge is 0.348 e. The SMILES string of the molecule is COC(=O)/C(C#N)=C/c1cccc(N(C)C)c1. The van der Waals surface area contributed by atoms with Gasteiger partial charge in [0, 0.05) is 19.8 Å². The number of anilines is 1. The molecule has 0 heterocycles. The third-order valence-electron chi connectivity index (χ3n) is 2.22. The molecule has 0 amide bonds. The van der Waals surface area contributed by atoms with E-state index in [0.717, 1.165) is 11.3 Å². The molecule has 1 aromatic carbocycles. The van der Waals surface area contributed by atoms with Gasteiger partial charge in [0.25, 0.3) is 0 Å². The van der Waals surface area contributed by atoms with Crippen LogP contribution < -0.4 is 4.90 Å². The van der Waals surface area contributed by atoms with Crippen molar-refractivity contribution in [2.24, 2.45) is 0 Å². The highest BCUT2D eigenvalue weighted by Gasteiger charge is 2.08. The van der Waals surface area contributed by atoms with Gasteiger partial charge >= 0.3 is 5.97 Å². The first-order valence-electron chi connectivity index (χ1n) is 5.06. The maximum atomic E-state index is 11.2. The molecular weight excluding hydrogens is 216 g/mol. The molecule has 88 valence electrons. The van der Waals surface area contributed by atoms with Crippen LogP contribution in [0.25, 0.3) is 6.08 Å². The van der Waals surface area contributed by atoms with Gasteiger partial charge in [0.15, 0.2) is 0 Å².